The van der Waals surface area contributed by atoms with Gasteiger partial charge in [0.05, 0.1) is 11.6 Å². The van der Waals surface area contributed by atoms with E-state index in [0.717, 1.165) is 24.2 Å². The van der Waals surface area contributed by atoms with Crippen molar-refractivity contribution in [2.24, 2.45) is 0 Å². The summed E-state index contributed by atoms with van der Waals surface area (Å²) in [6.07, 6.45) is 0. The van der Waals surface area contributed by atoms with Crippen LogP contribution >= 0.6 is 0 Å². The molecule has 0 spiro atoms. The number of ether oxygens (including phenoxy) is 1. The Morgan fingerprint density at radius 3 is 2.32 bits per heavy atom. The third-order valence-corrected chi connectivity index (χ3v) is 6.89. The largest absolute Gasteiger partial charge is 0.507 e. The molecular weight excluding hydrogens is 483 g/mol. The Morgan fingerprint density at radius 2 is 1.68 bits per heavy atom. The number of hydrogen-bond donors (Lipinski definition) is 1. The molecule has 38 heavy (non-hydrogen) atoms. The highest BCUT2D eigenvalue weighted by Gasteiger charge is 2.45. The van der Waals surface area contributed by atoms with Crippen molar-refractivity contribution in [3.63, 3.8) is 0 Å². The molecule has 0 aliphatic carbocycles. The number of halogens is 1. The Hall–Kier alpha value is -3.97. The van der Waals surface area contributed by atoms with Crippen LogP contribution in [0.4, 0.5) is 4.39 Å². The molecule has 7 heteroatoms. The number of ketones is 1. The fraction of sp³-hybridized carbons (Fsp3) is 0.290. The smallest absolute Gasteiger partial charge is 0.295 e. The molecule has 3 aromatic rings. The number of amides is 1. The molecule has 1 aliphatic heterocycles. The van der Waals surface area contributed by atoms with Crippen LogP contribution in [-0.2, 0) is 16.2 Å². The molecule has 1 fully saturated rings. The van der Waals surface area contributed by atoms with Crippen LogP contribution in [0.3, 0.4) is 0 Å². The van der Waals surface area contributed by atoms with Gasteiger partial charge < -0.3 is 19.6 Å². The summed E-state index contributed by atoms with van der Waals surface area (Å²) in [6.45, 7) is 8.97. The van der Waals surface area contributed by atoms with E-state index in [-0.39, 0.29) is 11.3 Å². The summed E-state index contributed by atoms with van der Waals surface area (Å²) >= 11 is 0. The Labute approximate surface area is 223 Å². The highest BCUT2D eigenvalue weighted by molar-refractivity contribution is 6.46. The predicted molar refractivity (Wildman–Crippen MR) is 145 cm³/mol. The zero-order chi connectivity index (χ0) is 27.2. The van der Waals surface area contributed by atoms with Crippen molar-refractivity contribution in [3.8, 4) is 5.75 Å². The topological polar surface area (TPSA) is 70.1 Å². The van der Waals surface area contributed by atoms with Crippen LogP contribution in [0.5, 0.6) is 5.75 Å². The first-order valence-electron chi connectivity index (χ1n) is 12.9. The second-order valence-corrected chi connectivity index (χ2v) is 9.37. The van der Waals surface area contributed by atoms with Crippen LogP contribution in [0.1, 0.15) is 42.1 Å². The summed E-state index contributed by atoms with van der Waals surface area (Å²) < 4.78 is 19.6. The molecule has 4 rings (SSSR count). The first kappa shape index (κ1) is 27.1. The molecule has 3 aromatic carbocycles. The van der Waals surface area contributed by atoms with E-state index in [4.69, 9.17) is 4.74 Å². The lowest BCUT2D eigenvalue weighted by molar-refractivity contribution is -0.140. The molecule has 6 nitrogen and oxygen atoms in total. The summed E-state index contributed by atoms with van der Waals surface area (Å²) in [4.78, 5) is 29.9. The van der Waals surface area contributed by atoms with E-state index in [1.165, 1.54) is 17.0 Å². The number of aliphatic hydroxyl groups excluding tert-OH is 1. The van der Waals surface area contributed by atoms with Gasteiger partial charge in [0.1, 0.15) is 23.9 Å². The molecule has 1 heterocycles. The van der Waals surface area contributed by atoms with Gasteiger partial charge in [0.25, 0.3) is 11.7 Å². The maximum atomic E-state index is 13.7. The van der Waals surface area contributed by atoms with E-state index in [9.17, 15) is 19.1 Å². The van der Waals surface area contributed by atoms with Crippen LogP contribution in [-0.4, -0.2) is 52.8 Å². The number of nitrogens with zero attached hydrogens (tertiary/aromatic N) is 2. The molecule has 0 aromatic heterocycles. The molecule has 1 atom stereocenters. The number of aryl methyl sites for hydroxylation is 1. The minimum Gasteiger partial charge on any atom is -0.507 e. The number of Topliss-reactive ketones (excluding diaryl/α,β-unsaturated/α-hetero) is 1. The van der Waals surface area contributed by atoms with E-state index in [1.807, 2.05) is 39.0 Å². The quantitative estimate of drug-likeness (QED) is 0.220. The molecular formula is C31H33FN2O4. The van der Waals surface area contributed by atoms with Crippen LogP contribution in [0.2, 0.25) is 0 Å². The number of likely N-dealkylation sites (tertiary alicyclic amines) is 1. The zero-order valence-corrected chi connectivity index (χ0v) is 22.0. The van der Waals surface area contributed by atoms with E-state index in [2.05, 4.69) is 11.0 Å². The molecule has 1 N–H and O–H groups in total. The number of aliphatic hydroxyl groups is 1. The second-order valence-electron chi connectivity index (χ2n) is 9.37. The Balaban J connectivity index is 1.63. The Morgan fingerprint density at radius 1 is 1.00 bits per heavy atom. The van der Waals surface area contributed by atoms with Crippen LogP contribution in [0.25, 0.3) is 5.76 Å². The number of likely N-dealkylation sites (N-methyl/N-ethyl adjacent to an activating group) is 1. The van der Waals surface area contributed by atoms with Crippen molar-refractivity contribution < 1.29 is 23.8 Å². The first-order valence-corrected chi connectivity index (χ1v) is 12.9. The fourth-order valence-corrected chi connectivity index (χ4v) is 4.72. The maximum absolute atomic E-state index is 13.7. The van der Waals surface area contributed by atoms with Gasteiger partial charge >= 0.3 is 0 Å². The van der Waals surface area contributed by atoms with Crippen molar-refractivity contribution in [3.05, 3.63) is 106 Å². The maximum Gasteiger partial charge on any atom is 0.295 e. The predicted octanol–water partition coefficient (Wildman–Crippen LogP) is 5.48. The number of rotatable bonds is 10. The van der Waals surface area contributed by atoms with Gasteiger partial charge in [-0.05, 0) is 67.5 Å². The van der Waals surface area contributed by atoms with Gasteiger partial charge in [0.15, 0.2) is 0 Å². The minimum absolute atomic E-state index is 0.00501. The summed E-state index contributed by atoms with van der Waals surface area (Å²) in [7, 11) is 0. The van der Waals surface area contributed by atoms with Crippen molar-refractivity contribution >= 4 is 17.4 Å². The average molecular weight is 517 g/mol. The van der Waals surface area contributed by atoms with E-state index in [1.54, 1.807) is 36.4 Å². The molecule has 1 amide bonds. The highest BCUT2D eigenvalue weighted by Crippen LogP contribution is 2.39. The second kappa shape index (κ2) is 12.0. The highest BCUT2D eigenvalue weighted by atomic mass is 19.1. The van der Waals surface area contributed by atoms with E-state index >= 15 is 0 Å². The third kappa shape index (κ3) is 5.94. The standard InChI is InChI=1S/C31H33FN2O4/c1-4-33(5-2)17-18-34-28(23-9-13-25(32)14-10-23)27(30(36)31(34)37)29(35)24-11-15-26(16-12-24)38-20-22-8-6-7-21(3)19-22/h6-16,19,28,35H,4-5,17-18,20H2,1-3H3/t28-/m0/s1. The Bertz CT molecular complexity index is 1310. The van der Waals surface area contributed by atoms with E-state index in [0.29, 0.717) is 36.6 Å². The van der Waals surface area contributed by atoms with Crippen molar-refractivity contribution in [2.45, 2.75) is 33.4 Å². The van der Waals surface area contributed by atoms with Crippen molar-refractivity contribution in [2.75, 3.05) is 26.2 Å². The van der Waals surface area contributed by atoms with Crippen LogP contribution in [0, 0.1) is 12.7 Å². The van der Waals surface area contributed by atoms with Gasteiger partial charge in [-0.15, -0.1) is 0 Å². The monoisotopic (exact) mass is 516 g/mol. The van der Waals surface area contributed by atoms with Crippen LogP contribution < -0.4 is 4.74 Å². The summed E-state index contributed by atoms with van der Waals surface area (Å²) in [5.74, 6) is -1.51. The van der Waals surface area contributed by atoms with E-state index < -0.39 is 23.5 Å². The molecule has 0 bridgehead atoms. The first-order chi connectivity index (χ1) is 18.3. The average Bonchev–Trinajstić information content (AvgIpc) is 3.18. The van der Waals surface area contributed by atoms with Gasteiger partial charge in [0.2, 0.25) is 0 Å². The molecule has 1 saturated heterocycles. The lowest BCUT2D eigenvalue weighted by Gasteiger charge is -2.28. The van der Waals surface area contributed by atoms with Gasteiger partial charge in [-0.2, -0.15) is 0 Å². The molecule has 0 saturated carbocycles. The number of carbonyl (C=O) groups is 2. The number of carbonyl (C=O) groups excluding carboxylic acids is 2. The normalized spacial score (nSPS) is 16.9. The van der Waals surface area contributed by atoms with Gasteiger partial charge in [-0.3, -0.25) is 9.59 Å². The van der Waals surface area contributed by atoms with Gasteiger partial charge in [0, 0.05) is 18.7 Å². The molecule has 0 radical (unpaired) electrons. The summed E-state index contributed by atoms with van der Waals surface area (Å²) in [5, 5.41) is 11.3. The molecule has 0 unspecified atom stereocenters. The lowest BCUT2D eigenvalue weighted by Crippen LogP contribution is -2.38. The van der Waals surface area contributed by atoms with Crippen molar-refractivity contribution in [1.29, 1.82) is 0 Å². The third-order valence-electron chi connectivity index (χ3n) is 6.89. The summed E-state index contributed by atoms with van der Waals surface area (Å²) in [6, 6.07) is 19.6. The van der Waals surface area contributed by atoms with Gasteiger partial charge in [-0.1, -0.05) is 55.8 Å². The van der Waals surface area contributed by atoms with Crippen molar-refractivity contribution in [1.82, 2.24) is 9.80 Å². The molecule has 1 aliphatic rings. The summed E-state index contributed by atoms with van der Waals surface area (Å²) in [5.41, 5.74) is 3.14. The number of hydrogen-bond acceptors (Lipinski definition) is 5. The number of benzene rings is 3. The van der Waals surface area contributed by atoms with Gasteiger partial charge in [-0.25, -0.2) is 4.39 Å². The Kier molecular flexibility index (Phi) is 8.59. The SMILES string of the molecule is CCN(CC)CCN1C(=O)C(=O)C(=C(O)c2ccc(OCc3cccc(C)c3)cc2)[C@@H]1c1ccc(F)cc1. The van der Waals surface area contributed by atoms with Crippen LogP contribution in [0.15, 0.2) is 78.4 Å². The lowest BCUT2D eigenvalue weighted by atomic mass is 9.95. The fourth-order valence-electron chi connectivity index (χ4n) is 4.72. The molecule has 198 valence electrons. The zero-order valence-electron chi connectivity index (χ0n) is 22.0. The minimum atomic E-state index is -0.816.